The standard InChI is InChI=1S/C20H20N4O3S/c1-13-6-5-7-14(12-13)21-19(26)20-24-23-18(28-20)11-10-17(25)22-15-8-3-4-9-16(15)27-2/h3-9,12H,10-11H2,1-2H3,(H,21,26)(H,22,25). The number of aromatic nitrogens is 2. The van der Waals surface area contributed by atoms with Gasteiger partial charge in [0.1, 0.15) is 10.8 Å². The minimum atomic E-state index is -0.312. The molecule has 0 spiro atoms. The Labute approximate surface area is 166 Å². The Hall–Kier alpha value is -3.26. The Kier molecular flexibility index (Phi) is 6.33. The summed E-state index contributed by atoms with van der Waals surface area (Å²) in [6.07, 6.45) is 0.628. The molecule has 0 aliphatic heterocycles. The molecule has 0 unspecified atom stereocenters. The molecule has 8 heteroatoms. The van der Waals surface area contributed by atoms with E-state index in [1.54, 1.807) is 19.2 Å². The van der Waals surface area contributed by atoms with Gasteiger partial charge in [0.15, 0.2) is 0 Å². The molecule has 0 saturated carbocycles. The number of ether oxygens (including phenoxy) is 1. The van der Waals surface area contributed by atoms with Crippen molar-refractivity contribution in [1.82, 2.24) is 10.2 Å². The maximum absolute atomic E-state index is 12.3. The highest BCUT2D eigenvalue weighted by atomic mass is 32.1. The van der Waals surface area contributed by atoms with Crippen molar-refractivity contribution in [3.8, 4) is 5.75 Å². The molecule has 2 N–H and O–H groups in total. The van der Waals surface area contributed by atoms with Gasteiger partial charge in [0.25, 0.3) is 5.91 Å². The molecule has 0 aliphatic carbocycles. The summed E-state index contributed by atoms with van der Waals surface area (Å²) in [5.41, 5.74) is 2.38. The van der Waals surface area contributed by atoms with Crippen molar-refractivity contribution in [2.24, 2.45) is 0 Å². The minimum Gasteiger partial charge on any atom is -0.495 e. The second-order valence-electron chi connectivity index (χ2n) is 6.07. The summed E-state index contributed by atoms with van der Waals surface area (Å²) in [4.78, 5) is 24.5. The van der Waals surface area contributed by atoms with Crippen LogP contribution >= 0.6 is 11.3 Å². The Morgan fingerprint density at radius 3 is 2.68 bits per heavy atom. The van der Waals surface area contributed by atoms with Gasteiger partial charge in [0.05, 0.1) is 12.8 Å². The van der Waals surface area contributed by atoms with Gasteiger partial charge in [0.2, 0.25) is 10.9 Å². The third-order valence-corrected chi connectivity index (χ3v) is 4.87. The van der Waals surface area contributed by atoms with Crippen LogP contribution in [0.3, 0.4) is 0 Å². The number of anilines is 2. The first-order valence-electron chi connectivity index (χ1n) is 8.68. The molecule has 0 fully saturated rings. The fraction of sp³-hybridized carbons (Fsp3) is 0.200. The van der Waals surface area contributed by atoms with Crippen LogP contribution in [0.4, 0.5) is 11.4 Å². The van der Waals surface area contributed by atoms with Gasteiger partial charge < -0.3 is 15.4 Å². The highest BCUT2D eigenvalue weighted by molar-refractivity contribution is 7.13. The van der Waals surface area contributed by atoms with Gasteiger partial charge in [-0.15, -0.1) is 10.2 Å². The van der Waals surface area contributed by atoms with Crippen LogP contribution < -0.4 is 15.4 Å². The van der Waals surface area contributed by atoms with Crippen LogP contribution in [-0.2, 0) is 11.2 Å². The molecule has 7 nitrogen and oxygen atoms in total. The fourth-order valence-corrected chi connectivity index (χ4v) is 3.27. The number of benzene rings is 2. The Bertz CT molecular complexity index is 987. The number of nitrogens with one attached hydrogen (secondary N) is 2. The van der Waals surface area contributed by atoms with E-state index in [9.17, 15) is 9.59 Å². The zero-order chi connectivity index (χ0) is 19.9. The van der Waals surface area contributed by atoms with E-state index in [4.69, 9.17) is 4.74 Å². The predicted octanol–water partition coefficient (Wildman–Crippen LogP) is 3.68. The third-order valence-electron chi connectivity index (χ3n) is 3.88. The molecule has 3 rings (SSSR count). The summed E-state index contributed by atoms with van der Waals surface area (Å²) >= 11 is 1.18. The Morgan fingerprint density at radius 1 is 1.07 bits per heavy atom. The van der Waals surface area contributed by atoms with Crippen LogP contribution in [0, 0.1) is 6.92 Å². The molecule has 2 amide bonds. The van der Waals surface area contributed by atoms with E-state index in [0.717, 1.165) is 5.56 Å². The molecule has 0 aliphatic rings. The molecule has 2 aromatic carbocycles. The van der Waals surface area contributed by atoms with Crippen LogP contribution in [0.1, 0.15) is 26.8 Å². The minimum absolute atomic E-state index is 0.162. The monoisotopic (exact) mass is 396 g/mol. The van der Waals surface area contributed by atoms with Gasteiger partial charge in [-0.1, -0.05) is 35.6 Å². The van der Waals surface area contributed by atoms with Crippen molar-refractivity contribution in [2.75, 3.05) is 17.7 Å². The maximum Gasteiger partial charge on any atom is 0.286 e. The summed E-state index contributed by atoms with van der Waals surface area (Å²) in [7, 11) is 1.55. The van der Waals surface area contributed by atoms with Crippen LogP contribution in [-0.4, -0.2) is 29.1 Å². The van der Waals surface area contributed by atoms with Gasteiger partial charge >= 0.3 is 0 Å². The number of rotatable bonds is 7. The number of methoxy groups -OCH3 is 1. The first-order valence-corrected chi connectivity index (χ1v) is 9.50. The molecule has 3 aromatic rings. The molecule has 1 aromatic heterocycles. The van der Waals surface area contributed by atoms with Crippen LogP contribution in [0.25, 0.3) is 0 Å². The highest BCUT2D eigenvalue weighted by Gasteiger charge is 2.14. The average molecular weight is 396 g/mol. The second kappa shape index (κ2) is 9.09. The van der Waals surface area contributed by atoms with Crippen LogP contribution in [0.5, 0.6) is 5.75 Å². The lowest BCUT2D eigenvalue weighted by Gasteiger charge is -2.09. The summed E-state index contributed by atoms with van der Waals surface area (Å²) in [5, 5.41) is 14.4. The number of hydrogen-bond donors (Lipinski definition) is 2. The molecule has 1 heterocycles. The number of hydrogen-bond acceptors (Lipinski definition) is 6. The molecule has 144 valence electrons. The van der Waals surface area contributed by atoms with E-state index in [-0.39, 0.29) is 23.2 Å². The summed E-state index contributed by atoms with van der Waals surface area (Å²) < 4.78 is 5.22. The molecular formula is C20H20N4O3S. The first kappa shape index (κ1) is 19.5. The van der Waals surface area contributed by atoms with Gasteiger partial charge in [-0.3, -0.25) is 9.59 Å². The van der Waals surface area contributed by atoms with Gasteiger partial charge in [-0.25, -0.2) is 0 Å². The molecule has 0 radical (unpaired) electrons. The fourth-order valence-electron chi connectivity index (χ4n) is 2.53. The second-order valence-corrected chi connectivity index (χ2v) is 7.14. The zero-order valence-electron chi connectivity index (χ0n) is 15.6. The number of amides is 2. The Morgan fingerprint density at radius 2 is 1.89 bits per heavy atom. The largest absolute Gasteiger partial charge is 0.495 e. The lowest BCUT2D eigenvalue weighted by Crippen LogP contribution is -2.13. The molecule has 0 bridgehead atoms. The van der Waals surface area contributed by atoms with E-state index in [2.05, 4.69) is 20.8 Å². The topological polar surface area (TPSA) is 93.2 Å². The number of aryl methyl sites for hydroxylation is 2. The summed E-state index contributed by atoms with van der Waals surface area (Å²) in [6.45, 7) is 1.95. The number of carbonyl (C=O) groups is 2. The summed E-state index contributed by atoms with van der Waals surface area (Å²) in [6, 6.07) is 14.7. The maximum atomic E-state index is 12.3. The van der Waals surface area contributed by atoms with Gasteiger partial charge in [-0.2, -0.15) is 0 Å². The van der Waals surface area contributed by atoms with E-state index in [1.165, 1.54) is 11.3 Å². The van der Waals surface area contributed by atoms with Gasteiger partial charge in [0, 0.05) is 18.5 Å². The number of nitrogens with zero attached hydrogens (tertiary/aromatic N) is 2. The smallest absolute Gasteiger partial charge is 0.286 e. The third kappa shape index (κ3) is 5.14. The number of para-hydroxylation sites is 2. The van der Waals surface area contributed by atoms with E-state index in [0.29, 0.717) is 28.6 Å². The van der Waals surface area contributed by atoms with Crippen molar-refractivity contribution in [1.29, 1.82) is 0 Å². The Balaban J connectivity index is 1.54. The lowest BCUT2D eigenvalue weighted by molar-refractivity contribution is -0.116. The lowest BCUT2D eigenvalue weighted by atomic mass is 10.2. The summed E-state index contributed by atoms with van der Waals surface area (Å²) in [5.74, 6) is 0.125. The molecule has 0 saturated heterocycles. The van der Waals surface area contributed by atoms with Crippen molar-refractivity contribution in [2.45, 2.75) is 19.8 Å². The number of carbonyl (C=O) groups excluding carboxylic acids is 2. The molecule has 28 heavy (non-hydrogen) atoms. The van der Waals surface area contributed by atoms with Crippen molar-refractivity contribution >= 4 is 34.5 Å². The van der Waals surface area contributed by atoms with Crippen molar-refractivity contribution in [3.05, 3.63) is 64.1 Å². The zero-order valence-corrected chi connectivity index (χ0v) is 16.4. The SMILES string of the molecule is COc1ccccc1NC(=O)CCc1nnc(C(=O)Nc2cccc(C)c2)s1. The van der Waals surface area contributed by atoms with Gasteiger partial charge in [-0.05, 0) is 36.8 Å². The normalized spacial score (nSPS) is 10.4. The van der Waals surface area contributed by atoms with E-state index >= 15 is 0 Å². The highest BCUT2D eigenvalue weighted by Crippen LogP contribution is 2.23. The molecular weight excluding hydrogens is 376 g/mol. The van der Waals surface area contributed by atoms with E-state index in [1.807, 2.05) is 43.3 Å². The molecule has 0 atom stereocenters. The van der Waals surface area contributed by atoms with Crippen LogP contribution in [0.2, 0.25) is 0 Å². The first-order chi connectivity index (χ1) is 13.5. The van der Waals surface area contributed by atoms with Crippen molar-refractivity contribution in [3.63, 3.8) is 0 Å². The van der Waals surface area contributed by atoms with Crippen LogP contribution in [0.15, 0.2) is 48.5 Å². The van der Waals surface area contributed by atoms with E-state index < -0.39 is 0 Å². The quantitative estimate of drug-likeness (QED) is 0.635. The predicted molar refractivity (Wildman–Crippen MR) is 109 cm³/mol. The average Bonchev–Trinajstić information content (AvgIpc) is 3.16. The van der Waals surface area contributed by atoms with Crippen molar-refractivity contribution < 1.29 is 14.3 Å².